The van der Waals surface area contributed by atoms with E-state index in [0.717, 1.165) is 5.88 Å². The number of rotatable bonds is 3. The van der Waals surface area contributed by atoms with Gasteiger partial charge in [-0.2, -0.15) is 0 Å². The Bertz CT molecular complexity index is 290. The van der Waals surface area contributed by atoms with Crippen LogP contribution in [0.2, 0.25) is 0 Å². The number of benzene rings is 1. The molecule has 3 heteroatoms. The van der Waals surface area contributed by atoms with Crippen molar-refractivity contribution in [1.82, 2.24) is 0 Å². The Hall–Kier alpha value is 0.100. The molecule has 1 aliphatic heterocycles. The molecule has 2 rings (SSSR count). The highest BCUT2D eigenvalue weighted by Gasteiger charge is 2.17. The summed E-state index contributed by atoms with van der Waals surface area (Å²) in [6.07, 6.45) is 1.29. The van der Waals surface area contributed by atoms with Crippen LogP contribution in [0.15, 0.2) is 29.2 Å². The van der Waals surface area contributed by atoms with E-state index in [1.807, 2.05) is 11.8 Å². The average Bonchev–Trinajstić information content (AvgIpc) is 2.58. The zero-order chi connectivity index (χ0) is 9.10. The lowest BCUT2D eigenvalue weighted by molar-refractivity contribution is 0.856. The Morgan fingerprint density at radius 3 is 3.08 bits per heavy atom. The second-order valence-electron chi connectivity index (χ2n) is 3.05. The molecule has 0 spiro atoms. The van der Waals surface area contributed by atoms with E-state index in [9.17, 15) is 0 Å². The zero-order valence-electron chi connectivity index (χ0n) is 7.37. The summed E-state index contributed by atoms with van der Waals surface area (Å²) < 4.78 is 1.25. The molecule has 0 atom stereocenters. The monoisotopic (exact) mass is 305 g/mol. The van der Waals surface area contributed by atoms with Gasteiger partial charge < -0.3 is 4.90 Å². The van der Waals surface area contributed by atoms with Crippen LogP contribution in [0.5, 0.6) is 0 Å². The molecule has 0 N–H and O–H groups in total. The third-order valence-electron chi connectivity index (χ3n) is 2.14. The van der Waals surface area contributed by atoms with Crippen molar-refractivity contribution in [3.05, 3.63) is 24.3 Å². The smallest absolute Gasteiger partial charge is 0.0686 e. The average molecular weight is 305 g/mol. The topological polar surface area (TPSA) is 3.24 Å². The molecular weight excluding hydrogens is 293 g/mol. The van der Waals surface area contributed by atoms with Crippen molar-refractivity contribution in [1.29, 1.82) is 0 Å². The summed E-state index contributed by atoms with van der Waals surface area (Å²) >= 11 is 4.39. The molecule has 0 aromatic heterocycles. The fourth-order valence-corrected chi connectivity index (χ4v) is 2.92. The van der Waals surface area contributed by atoms with Crippen molar-refractivity contribution in [3.63, 3.8) is 0 Å². The lowest BCUT2D eigenvalue weighted by Crippen LogP contribution is -2.20. The molecule has 0 aliphatic carbocycles. The van der Waals surface area contributed by atoms with Crippen molar-refractivity contribution >= 4 is 40.0 Å². The van der Waals surface area contributed by atoms with Crippen molar-refractivity contribution in [2.24, 2.45) is 0 Å². The molecule has 0 radical (unpaired) electrons. The summed E-state index contributed by atoms with van der Waals surface area (Å²) in [5.41, 5.74) is 1.43. The maximum Gasteiger partial charge on any atom is 0.0686 e. The fourth-order valence-electron chi connectivity index (χ4n) is 1.49. The van der Waals surface area contributed by atoms with Crippen LogP contribution in [0.3, 0.4) is 0 Å². The van der Waals surface area contributed by atoms with Gasteiger partial charge in [-0.15, -0.1) is 11.8 Å². The van der Waals surface area contributed by atoms with Gasteiger partial charge in [0.1, 0.15) is 0 Å². The highest BCUT2D eigenvalue weighted by atomic mass is 127. The van der Waals surface area contributed by atoms with Gasteiger partial charge in [-0.1, -0.05) is 34.7 Å². The van der Waals surface area contributed by atoms with Crippen LogP contribution < -0.4 is 4.90 Å². The van der Waals surface area contributed by atoms with E-state index in [-0.39, 0.29) is 0 Å². The first-order valence-electron chi connectivity index (χ1n) is 4.44. The first-order chi connectivity index (χ1) is 6.42. The Morgan fingerprint density at radius 1 is 1.38 bits per heavy atom. The normalized spacial score (nSPS) is 14.7. The van der Waals surface area contributed by atoms with Gasteiger partial charge in [0, 0.05) is 15.9 Å². The van der Waals surface area contributed by atoms with Crippen LogP contribution in [0, 0.1) is 0 Å². The van der Waals surface area contributed by atoms with Gasteiger partial charge in [0.05, 0.1) is 11.6 Å². The molecule has 1 aromatic carbocycles. The van der Waals surface area contributed by atoms with Crippen LogP contribution in [-0.4, -0.2) is 16.8 Å². The van der Waals surface area contributed by atoms with Crippen molar-refractivity contribution < 1.29 is 0 Å². The minimum absolute atomic E-state index is 1.13. The van der Waals surface area contributed by atoms with Crippen molar-refractivity contribution in [2.75, 3.05) is 21.7 Å². The van der Waals surface area contributed by atoms with Crippen molar-refractivity contribution in [3.8, 4) is 0 Å². The molecule has 0 amide bonds. The highest BCUT2D eigenvalue weighted by molar-refractivity contribution is 14.1. The summed E-state index contributed by atoms with van der Waals surface area (Å²) in [5, 5.41) is 0. The SMILES string of the molecule is ICCCN1CSc2ccccc21. The van der Waals surface area contributed by atoms with E-state index < -0.39 is 0 Å². The first kappa shape index (κ1) is 9.65. The number of anilines is 1. The molecule has 0 fully saturated rings. The van der Waals surface area contributed by atoms with Gasteiger partial charge in [0.25, 0.3) is 0 Å². The predicted molar refractivity (Wildman–Crippen MR) is 68.0 cm³/mol. The number of para-hydroxylation sites is 1. The minimum atomic E-state index is 1.13. The van der Waals surface area contributed by atoms with Crippen molar-refractivity contribution in [2.45, 2.75) is 11.3 Å². The molecule has 1 nitrogen and oxygen atoms in total. The standard InChI is InChI=1S/C10H12INS/c11-6-3-7-12-8-13-10-5-2-1-4-9(10)12/h1-2,4-5H,3,6-8H2. The van der Waals surface area contributed by atoms with Crippen LogP contribution in [0.1, 0.15) is 6.42 Å². The van der Waals surface area contributed by atoms with E-state index in [1.54, 1.807) is 0 Å². The van der Waals surface area contributed by atoms with Crippen LogP contribution in [0.25, 0.3) is 0 Å². The van der Waals surface area contributed by atoms with E-state index in [1.165, 1.54) is 28.0 Å². The van der Waals surface area contributed by atoms with Gasteiger partial charge >= 0.3 is 0 Å². The van der Waals surface area contributed by atoms with E-state index in [2.05, 4.69) is 51.8 Å². The molecule has 1 aromatic rings. The molecule has 70 valence electrons. The number of nitrogens with zero attached hydrogens (tertiary/aromatic N) is 1. The summed E-state index contributed by atoms with van der Waals surface area (Å²) in [5.74, 6) is 1.13. The van der Waals surface area contributed by atoms with Gasteiger partial charge in [-0.25, -0.2) is 0 Å². The maximum absolute atomic E-state index is 2.47. The molecule has 13 heavy (non-hydrogen) atoms. The van der Waals surface area contributed by atoms with Crippen LogP contribution in [-0.2, 0) is 0 Å². The second-order valence-corrected chi connectivity index (χ2v) is 5.11. The number of thioether (sulfide) groups is 1. The van der Waals surface area contributed by atoms with E-state index in [0.29, 0.717) is 0 Å². The fraction of sp³-hybridized carbons (Fsp3) is 0.400. The summed E-state index contributed by atoms with van der Waals surface area (Å²) in [4.78, 5) is 3.91. The molecule has 0 unspecified atom stereocenters. The van der Waals surface area contributed by atoms with E-state index in [4.69, 9.17) is 0 Å². The quantitative estimate of drug-likeness (QED) is 0.622. The zero-order valence-corrected chi connectivity index (χ0v) is 10.3. The number of alkyl halides is 1. The molecule has 0 bridgehead atoms. The maximum atomic E-state index is 2.47. The third kappa shape index (κ3) is 2.13. The Labute approximate surface area is 97.0 Å². The number of halogens is 1. The van der Waals surface area contributed by atoms with Crippen LogP contribution in [0.4, 0.5) is 5.69 Å². The van der Waals surface area contributed by atoms with Gasteiger partial charge in [0.15, 0.2) is 0 Å². The number of hydrogen-bond acceptors (Lipinski definition) is 2. The van der Waals surface area contributed by atoms with E-state index >= 15 is 0 Å². The number of fused-ring (bicyclic) bond motifs is 1. The molecular formula is C10H12INS. The first-order valence-corrected chi connectivity index (χ1v) is 6.95. The molecule has 0 saturated carbocycles. The predicted octanol–water partition coefficient (Wildman–Crippen LogP) is 3.38. The summed E-state index contributed by atoms with van der Waals surface area (Å²) in [6.45, 7) is 1.20. The minimum Gasteiger partial charge on any atom is -0.361 e. The molecule has 1 aliphatic rings. The Kier molecular flexibility index (Phi) is 3.38. The lowest BCUT2D eigenvalue weighted by Gasteiger charge is -2.17. The lowest BCUT2D eigenvalue weighted by atomic mass is 10.3. The second kappa shape index (κ2) is 4.55. The molecule has 1 heterocycles. The summed E-state index contributed by atoms with van der Waals surface area (Å²) in [6, 6.07) is 8.68. The third-order valence-corrected chi connectivity index (χ3v) is 4.00. The Balaban J connectivity index is 2.09. The molecule has 0 saturated heterocycles. The summed E-state index contributed by atoms with van der Waals surface area (Å²) in [7, 11) is 0. The Morgan fingerprint density at radius 2 is 2.23 bits per heavy atom. The highest BCUT2D eigenvalue weighted by Crippen LogP contribution is 2.37. The van der Waals surface area contributed by atoms with Gasteiger partial charge in [0.2, 0.25) is 0 Å². The largest absolute Gasteiger partial charge is 0.361 e. The van der Waals surface area contributed by atoms with Gasteiger partial charge in [-0.3, -0.25) is 0 Å². The van der Waals surface area contributed by atoms with Crippen LogP contribution >= 0.6 is 34.4 Å². The van der Waals surface area contributed by atoms with Gasteiger partial charge in [-0.05, 0) is 18.6 Å². The number of hydrogen-bond donors (Lipinski definition) is 0.